The Morgan fingerprint density at radius 1 is 1.27 bits per heavy atom. The van der Waals surface area contributed by atoms with E-state index >= 15 is 0 Å². The quantitative estimate of drug-likeness (QED) is 0.708. The minimum absolute atomic E-state index is 0.736. The molecule has 1 aromatic rings. The molecular weight excluding hydrogens is 202 g/mol. The van der Waals surface area contributed by atoms with Gasteiger partial charge in [-0.05, 0) is 30.7 Å². The number of thiophene rings is 1. The summed E-state index contributed by atoms with van der Waals surface area (Å²) in [5.41, 5.74) is 0. The zero-order valence-corrected chi connectivity index (χ0v) is 10.8. The first-order chi connectivity index (χ1) is 7.36. The predicted molar refractivity (Wildman–Crippen MR) is 69.6 cm³/mol. The highest BCUT2D eigenvalue weighted by Gasteiger charge is 2.04. The van der Waals surface area contributed by atoms with E-state index in [9.17, 15) is 0 Å². The molecule has 0 aliphatic carbocycles. The summed E-state index contributed by atoms with van der Waals surface area (Å²) in [6.07, 6.45) is 6.39. The van der Waals surface area contributed by atoms with E-state index in [0.717, 1.165) is 12.6 Å². The summed E-state index contributed by atoms with van der Waals surface area (Å²) >= 11 is 1.86. The van der Waals surface area contributed by atoms with Crippen molar-refractivity contribution in [2.45, 2.75) is 52.0 Å². The molecule has 1 nitrogen and oxygen atoms in total. The maximum Gasteiger partial charge on any atom is 0.00669 e. The molecule has 0 fully saturated rings. The maximum absolute atomic E-state index is 3.67. The minimum Gasteiger partial charge on any atom is -0.314 e. The summed E-state index contributed by atoms with van der Waals surface area (Å²) in [6.45, 7) is 5.67. The second kappa shape index (κ2) is 7.89. The summed E-state index contributed by atoms with van der Waals surface area (Å²) < 4.78 is 0. The van der Waals surface area contributed by atoms with Crippen LogP contribution in [0.5, 0.6) is 0 Å². The van der Waals surface area contributed by atoms with Crippen LogP contribution in [0.4, 0.5) is 0 Å². The average molecular weight is 225 g/mol. The highest BCUT2D eigenvalue weighted by atomic mass is 32.1. The van der Waals surface area contributed by atoms with Crippen molar-refractivity contribution in [3.05, 3.63) is 22.4 Å². The lowest BCUT2D eigenvalue weighted by atomic mass is 10.1. The van der Waals surface area contributed by atoms with E-state index < -0.39 is 0 Å². The van der Waals surface area contributed by atoms with Crippen molar-refractivity contribution >= 4 is 11.3 Å². The van der Waals surface area contributed by atoms with E-state index in [4.69, 9.17) is 0 Å². The Morgan fingerprint density at radius 2 is 2.00 bits per heavy atom. The van der Waals surface area contributed by atoms with Gasteiger partial charge in [0, 0.05) is 17.5 Å². The molecule has 2 heteroatoms. The summed E-state index contributed by atoms with van der Waals surface area (Å²) in [4.78, 5) is 1.49. The van der Waals surface area contributed by atoms with Crippen LogP contribution >= 0.6 is 11.3 Å². The average Bonchev–Trinajstić information content (AvgIpc) is 2.71. The van der Waals surface area contributed by atoms with Crippen LogP contribution in [0.3, 0.4) is 0 Å². The Labute approximate surface area is 97.9 Å². The molecule has 1 rings (SSSR count). The van der Waals surface area contributed by atoms with Gasteiger partial charge in [0.15, 0.2) is 0 Å². The Hall–Kier alpha value is -0.340. The van der Waals surface area contributed by atoms with Gasteiger partial charge in [0.1, 0.15) is 0 Å². The van der Waals surface area contributed by atoms with Crippen LogP contribution in [-0.2, 0) is 6.42 Å². The number of hydrogen-bond acceptors (Lipinski definition) is 2. The summed E-state index contributed by atoms with van der Waals surface area (Å²) in [5, 5.41) is 5.82. The molecule has 0 spiro atoms. The molecule has 86 valence electrons. The molecule has 1 heterocycles. The molecule has 0 saturated heterocycles. The molecule has 0 unspecified atom stereocenters. The first-order valence-electron chi connectivity index (χ1n) is 6.12. The van der Waals surface area contributed by atoms with Crippen LogP contribution in [0.2, 0.25) is 0 Å². The van der Waals surface area contributed by atoms with E-state index in [2.05, 4.69) is 36.7 Å². The standard InChI is InChI=1S/C13H23NS/c1-3-6-12(7-4-2)14-10-9-13-8-5-11-15-13/h5,8,11-12,14H,3-4,6-7,9-10H2,1-2H3. The molecule has 0 saturated carbocycles. The molecule has 0 bridgehead atoms. The third kappa shape index (κ3) is 5.33. The maximum atomic E-state index is 3.67. The lowest BCUT2D eigenvalue weighted by Crippen LogP contribution is -2.30. The molecule has 0 radical (unpaired) electrons. The van der Waals surface area contributed by atoms with Gasteiger partial charge in [-0.1, -0.05) is 32.8 Å². The lowest BCUT2D eigenvalue weighted by molar-refractivity contribution is 0.447. The van der Waals surface area contributed by atoms with Crippen molar-refractivity contribution < 1.29 is 0 Å². The Morgan fingerprint density at radius 3 is 2.53 bits per heavy atom. The fraction of sp³-hybridized carbons (Fsp3) is 0.692. The lowest BCUT2D eigenvalue weighted by Gasteiger charge is -2.16. The Balaban J connectivity index is 2.15. The van der Waals surface area contributed by atoms with Crippen LogP contribution in [-0.4, -0.2) is 12.6 Å². The molecule has 0 aliphatic heterocycles. The van der Waals surface area contributed by atoms with Crippen molar-refractivity contribution in [2.75, 3.05) is 6.54 Å². The van der Waals surface area contributed by atoms with Crippen molar-refractivity contribution in [2.24, 2.45) is 0 Å². The third-order valence-corrected chi connectivity index (χ3v) is 3.59. The zero-order valence-electron chi connectivity index (χ0n) is 9.96. The highest BCUT2D eigenvalue weighted by Crippen LogP contribution is 2.09. The van der Waals surface area contributed by atoms with Gasteiger partial charge >= 0.3 is 0 Å². The van der Waals surface area contributed by atoms with Crippen molar-refractivity contribution in [3.8, 4) is 0 Å². The number of hydrogen-bond donors (Lipinski definition) is 1. The van der Waals surface area contributed by atoms with Crippen molar-refractivity contribution in [3.63, 3.8) is 0 Å². The zero-order chi connectivity index (χ0) is 10.9. The second-order valence-electron chi connectivity index (χ2n) is 4.06. The van der Waals surface area contributed by atoms with Gasteiger partial charge in [-0.15, -0.1) is 11.3 Å². The van der Waals surface area contributed by atoms with E-state index in [-0.39, 0.29) is 0 Å². The monoisotopic (exact) mass is 225 g/mol. The molecule has 0 atom stereocenters. The molecule has 0 aromatic carbocycles. The molecule has 1 aromatic heterocycles. The van der Waals surface area contributed by atoms with Crippen LogP contribution in [0, 0.1) is 0 Å². The molecule has 0 aliphatic rings. The fourth-order valence-corrected chi connectivity index (χ4v) is 2.61. The summed E-state index contributed by atoms with van der Waals surface area (Å²) in [7, 11) is 0. The SMILES string of the molecule is CCCC(CCC)NCCc1cccs1. The van der Waals surface area contributed by atoms with Crippen LogP contribution in [0.1, 0.15) is 44.4 Å². The smallest absolute Gasteiger partial charge is 0.00669 e. The Bertz CT molecular complexity index is 225. The molecular formula is C13H23NS. The second-order valence-corrected chi connectivity index (χ2v) is 5.09. The topological polar surface area (TPSA) is 12.0 Å². The fourth-order valence-electron chi connectivity index (χ4n) is 1.90. The molecule has 15 heavy (non-hydrogen) atoms. The Kier molecular flexibility index (Phi) is 6.69. The predicted octanol–water partition coefficient (Wildman–Crippen LogP) is 3.85. The number of rotatable bonds is 8. The van der Waals surface area contributed by atoms with Crippen LogP contribution < -0.4 is 5.32 Å². The third-order valence-electron chi connectivity index (χ3n) is 2.66. The highest BCUT2D eigenvalue weighted by molar-refractivity contribution is 7.09. The normalized spacial score (nSPS) is 11.1. The van der Waals surface area contributed by atoms with Gasteiger partial charge in [0.25, 0.3) is 0 Å². The van der Waals surface area contributed by atoms with E-state index in [1.165, 1.54) is 37.0 Å². The van der Waals surface area contributed by atoms with Crippen molar-refractivity contribution in [1.82, 2.24) is 5.32 Å². The first-order valence-corrected chi connectivity index (χ1v) is 7.00. The molecule has 0 amide bonds. The summed E-state index contributed by atoms with van der Waals surface area (Å²) in [5.74, 6) is 0. The van der Waals surface area contributed by atoms with Gasteiger partial charge in [-0.2, -0.15) is 0 Å². The van der Waals surface area contributed by atoms with E-state index in [1.54, 1.807) is 0 Å². The summed E-state index contributed by atoms with van der Waals surface area (Å²) in [6, 6.07) is 5.09. The van der Waals surface area contributed by atoms with E-state index in [1.807, 2.05) is 11.3 Å². The van der Waals surface area contributed by atoms with E-state index in [0.29, 0.717) is 0 Å². The minimum atomic E-state index is 0.736. The van der Waals surface area contributed by atoms with Gasteiger partial charge in [0.05, 0.1) is 0 Å². The van der Waals surface area contributed by atoms with Gasteiger partial charge in [-0.25, -0.2) is 0 Å². The van der Waals surface area contributed by atoms with Gasteiger partial charge in [0.2, 0.25) is 0 Å². The van der Waals surface area contributed by atoms with Crippen LogP contribution in [0.15, 0.2) is 17.5 Å². The largest absolute Gasteiger partial charge is 0.314 e. The number of nitrogens with one attached hydrogen (secondary N) is 1. The van der Waals surface area contributed by atoms with Crippen molar-refractivity contribution in [1.29, 1.82) is 0 Å². The first kappa shape index (κ1) is 12.7. The van der Waals surface area contributed by atoms with Gasteiger partial charge < -0.3 is 5.32 Å². The van der Waals surface area contributed by atoms with Gasteiger partial charge in [-0.3, -0.25) is 0 Å². The molecule has 1 N–H and O–H groups in total. The van der Waals surface area contributed by atoms with Crippen LogP contribution in [0.25, 0.3) is 0 Å².